The number of hydrogen-bond donors (Lipinski definition) is 3. The van der Waals surface area contributed by atoms with Gasteiger partial charge in [0.25, 0.3) is 0 Å². The second-order valence-electron chi connectivity index (χ2n) is 9.43. The second-order valence-corrected chi connectivity index (χ2v) is 11.1. The van der Waals surface area contributed by atoms with Crippen molar-refractivity contribution >= 4 is 30.7 Å². The SMILES string of the molecule is CO.C[C@H](NP(=O)(OC[C@@H]1CC[C@H](Cn2cnc3c(N)ncnc32)O1)Oc1ccccc1)C(=O)OCc1ccccc1. The van der Waals surface area contributed by atoms with E-state index in [0.717, 1.165) is 19.1 Å². The zero-order chi connectivity index (χ0) is 30.0. The van der Waals surface area contributed by atoms with Gasteiger partial charge >= 0.3 is 13.7 Å². The van der Waals surface area contributed by atoms with E-state index in [4.69, 9.17) is 29.4 Å². The van der Waals surface area contributed by atoms with Crippen molar-refractivity contribution in [2.75, 3.05) is 19.5 Å². The molecule has 1 unspecified atom stereocenters. The van der Waals surface area contributed by atoms with Gasteiger partial charge in [0.15, 0.2) is 11.5 Å². The Hall–Kier alpha value is -3.87. The molecule has 4 N–H and O–H groups in total. The third-order valence-electron chi connectivity index (χ3n) is 6.35. The van der Waals surface area contributed by atoms with Gasteiger partial charge in [0.05, 0.1) is 31.7 Å². The summed E-state index contributed by atoms with van der Waals surface area (Å²) in [7, 11) is -2.99. The first kappa shape index (κ1) is 31.1. The lowest BCUT2D eigenvalue weighted by Crippen LogP contribution is -2.35. The Balaban J connectivity index is 0.00000198. The Morgan fingerprint density at radius 3 is 2.52 bits per heavy atom. The van der Waals surface area contributed by atoms with Gasteiger partial charge in [-0.3, -0.25) is 9.32 Å². The minimum atomic E-state index is -3.99. The number of aromatic nitrogens is 4. The molecular weight excluding hydrogens is 563 g/mol. The number of benzene rings is 2. The number of aliphatic hydroxyl groups is 1. The Morgan fingerprint density at radius 1 is 1.10 bits per heavy atom. The Kier molecular flexibility index (Phi) is 11.0. The molecule has 3 heterocycles. The summed E-state index contributed by atoms with van der Waals surface area (Å²) in [5.74, 6) is 0.0717. The van der Waals surface area contributed by atoms with E-state index in [1.807, 2.05) is 41.0 Å². The third-order valence-corrected chi connectivity index (χ3v) is 8.00. The lowest BCUT2D eigenvalue weighted by atomic mass is 10.2. The predicted octanol–water partition coefficient (Wildman–Crippen LogP) is 3.49. The molecule has 224 valence electrons. The van der Waals surface area contributed by atoms with Gasteiger partial charge < -0.3 is 29.4 Å². The van der Waals surface area contributed by atoms with E-state index in [9.17, 15) is 9.36 Å². The van der Waals surface area contributed by atoms with Crippen molar-refractivity contribution in [2.45, 2.75) is 51.2 Å². The Morgan fingerprint density at radius 2 is 1.79 bits per heavy atom. The number of carbonyl (C=O) groups excluding carboxylic acids is 1. The summed E-state index contributed by atoms with van der Waals surface area (Å²) in [6.07, 6.45) is 4.05. The molecule has 0 bridgehead atoms. The van der Waals surface area contributed by atoms with Gasteiger partial charge in [0.2, 0.25) is 0 Å². The van der Waals surface area contributed by atoms with Crippen LogP contribution < -0.4 is 15.3 Å². The molecule has 0 spiro atoms. The number of para-hydroxylation sites is 1. The van der Waals surface area contributed by atoms with Crippen molar-refractivity contribution in [2.24, 2.45) is 0 Å². The molecule has 0 radical (unpaired) electrons. The van der Waals surface area contributed by atoms with Gasteiger partial charge in [-0.05, 0) is 37.5 Å². The van der Waals surface area contributed by atoms with E-state index < -0.39 is 19.8 Å². The highest BCUT2D eigenvalue weighted by Crippen LogP contribution is 2.45. The Bertz CT molecular complexity index is 1470. The predicted molar refractivity (Wildman–Crippen MR) is 155 cm³/mol. The molecule has 2 aromatic heterocycles. The number of anilines is 1. The number of nitrogens with zero attached hydrogens (tertiary/aromatic N) is 4. The van der Waals surface area contributed by atoms with Crippen LogP contribution in [-0.2, 0) is 36.5 Å². The highest BCUT2D eigenvalue weighted by Gasteiger charge is 2.35. The topological polar surface area (TPSA) is 173 Å². The standard InChI is InChI=1S/C27H31N6O6P.CH4O/c1-19(27(34)36-15-20-8-4-2-5-9-20)32-40(35,39-21-10-6-3-7-11-21)37-16-23-13-12-22(38-23)14-33-18-31-24-25(28)29-17-30-26(24)33;1-2/h2-11,17-19,22-23H,12-16H2,1H3,(H,32,35)(H2,28,29,30);2H,1H3/t19-,22+,23-,40?;/m0./s1. The molecular formula is C28H35N6O7P. The van der Waals surface area contributed by atoms with Crippen molar-refractivity contribution in [3.63, 3.8) is 0 Å². The normalized spacial score (nSPS) is 18.5. The van der Waals surface area contributed by atoms with E-state index >= 15 is 0 Å². The van der Waals surface area contributed by atoms with E-state index in [2.05, 4.69) is 20.0 Å². The highest BCUT2D eigenvalue weighted by molar-refractivity contribution is 7.52. The van der Waals surface area contributed by atoms with Crippen LogP contribution in [0.3, 0.4) is 0 Å². The molecule has 2 aromatic carbocycles. The van der Waals surface area contributed by atoms with E-state index in [-0.39, 0.29) is 25.4 Å². The van der Waals surface area contributed by atoms with E-state index in [1.165, 1.54) is 6.33 Å². The third kappa shape index (κ3) is 8.34. The van der Waals surface area contributed by atoms with Crippen LogP contribution in [0.5, 0.6) is 5.75 Å². The fraction of sp³-hybridized carbons (Fsp3) is 0.357. The summed E-state index contributed by atoms with van der Waals surface area (Å²) >= 11 is 0. The number of imidazole rings is 1. The Labute approximate surface area is 243 Å². The van der Waals surface area contributed by atoms with Crippen molar-refractivity contribution in [3.05, 3.63) is 78.9 Å². The molecule has 0 saturated carbocycles. The molecule has 1 aliphatic heterocycles. The summed E-state index contributed by atoms with van der Waals surface area (Å²) in [6, 6.07) is 17.0. The van der Waals surface area contributed by atoms with Crippen LogP contribution in [0.25, 0.3) is 11.2 Å². The number of nitrogens with one attached hydrogen (secondary N) is 1. The van der Waals surface area contributed by atoms with Crippen LogP contribution in [-0.4, -0.2) is 62.6 Å². The van der Waals surface area contributed by atoms with E-state index in [1.54, 1.807) is 37.5 Å². The number of esters is 1. The second kappa shape index (κ2) is 14.9. The van der Waals surface area contributed by atoms with Gasteiger partial charge in [-0.2, -0.15) is 5.09 Å². The number of carbonyl (C=O) groups is 1. The van der Waals surface area contributed by atoms with Crippen LogP contribution in [0.2, 0.25) is 0 Å². The quantitative estimate of drug-likeness (QED) is 0.160. The summed E-state index contributed by atoms with van der Waals surface area (Å²) in [6.45, 7) is 2.16. The maximum absolute atomic E-state index is 13.8. The summed E-state index contributed by atoms with van der Waals surface area (Å²) in [5, 5.41) is 9.72. The molecule has 4 atom stereocenters. The number of rotatable bonds is 12. The maximum Gasteiger partial charge on any atom is 0.459 e. The average molecular weight is 599 g/mol. The summed E-state index contributed by atoms with van der Waals surface area (Å²) in [5.41, 5.74) is 7.90. The highest BCUT2D eigenvalue weighted by atomic mass is 31.2. The number of fused-ring (bicyclic) bond motifs is 1. The average Bonchev–Trinajstić information content (AvgIpc) is 3.65. The van der Waals surface area contributed by atoms with Crippen molar-refractivity contribution in [1.29, 1.82) is 0 Å². The molecule has 1 fully saturated rings. The number of hydrogen-bond acceptors (Lipinski definition) is 11. The first-order valence-corrected chi connectivity index (χ1v) is 14.9. The maximum atomic E-state index is 13.8. The summed E-state index contributed by atoms with van der Waals surface area (Å²) in [4.78, 5) is 25.2. The van der Waals surface area contributed by atoms with Crippen molar-refractivity contribution < 1.29 is 33.0 Å². The number of nitrogen functional groups attached to an aromatic ring is 1. The molecule has 0 amide bonds. The minimum Gasteiger partial charge on any atom is -0.460 e. The molecule has 14 heteroatoms. The molecule has 13 nitrogen and oxygen atoms in total. The van der Waals surface area contributed by atoms with Gasteiger partial charge in [-0.1, -0.05) is 48.5 Å². The van der Waals surface area contributed by atoms with Crippen LogP contribution in [0, 0.1) is 0 Å². The number of nitrogens with two attached hydrogens (primary N) is 1. The fourth-order valence-electron chi connectivity index (χ4n) is 4.32. The zero-order valence-corrected chi connectivity index (χ0v) is 24.3. The van der Waals surface area contributed by atoms with Crippen molar-refractivity contribution in [1.82, 2.24) is 24.6 Å². The molecule has 1 aliphatic rings. The molecule has 5 rings (SSSR count). The van der Waals surface area contributed by atoms with Gasteiger partial charge in [-0.15, -0.1) is 0 Å². The largest absolute Gasteiger partial charge is 0.460 e. The zero-order valence-electron chi connectivity index (χ0n) is 23.4. The van der Waals surface area contributed by atoms with Crippen LogP contribution in [0.15, 0.2) is 73.3 Å². The van der Waals surface area contributed by atoms with Crippen LogP contribution in [0.1, 0.15) is 25.3 Å². The van der Waals surface area contributed by atoms with Crippen LogP contribution >= 0.6 is 7.75 Å². The van der Waals surface area contributed by atoms with E-state index in [0.29, 0.717) is 35.7 Å². The molecule has 42 heavy (non-hydrogen) atoms. The minimum absolute atomic E-state index is 0.000805. The first-order valence-electron chi connectivity index (χ1n) is 13.4. The van der Waals surface area contributed by atoms with Gasteiger partial charge in [-0.25, -0.2) is 19.5 Å². The summed E-state index contributed by atoms with van der Waals surface area (Å²) < 4.78 is 38.7. The fourth-order valence-corrected chi connectivity index (χ4v) is 5.85. The molecule has 1 saturated heterocycles. The number of aliphatic hydroxyl groups excluding tert-OH is 1. The van der Waals surface area contributed by atoms with Crippen LogP contribution in [0.4, 0.5) is 5.82 Å². The van der Waals surface area contributed by atoms with Gasteiger partial charge in [0, 0.05) is 7.11 Å². The smallest absolute Gasteiger partial charge is 0.459 e. The lowest BCUT2D eigenvalue weighted by molar-refractivity contribution is -0.146. The first-order chi connectivity index (χ1) is 20.4. The monoisotopic (exact) mass is 598 g/mol. The lowest BCUT2D eigenvalue weighted by Gasteiger charge is -2.24. The number of ether oxygens (including phenoxy) is 2. The molecule has 0 aliphatic carbocycles. The van der Waals surface area contributed by atoms with Gasteiger partial charge in [0.1, 0.15) is 30.2 Å². The molecule has 4 aromatic rings. The van der Waals surface area contributed by atoms with Crippen molar-refractivity contribution in [3.8, 4) is 5.75 Å².